The van der Waals surface area contributed by atoms with E-state index in [1.54, 1.807) is 0 Å². The van der Waals surface area contributed by atoms with Crippen LogP contribution in [0, 0.1) is 0 Å². The minimum absolute atomic E-state index is 0.107. The molecule has 5 nitrogen and oxygen atoms in total. The Balaban J connectivity index is 1.97. The van der Waals surface area contributed by atoms with E-state index in [4.69, 9.17) is 54.1 Å². The summed E-state index contributed by atoms with van der Waals surface area (Å²) in [7, 11) is 1.43. The van der Waals surface area contributed by atoms with Gasteiger partial charge < -0.3 is 19.3 Å². The molecule has 0 spiro atoms. The third-order valence-corrected chi connectivity index (χ3v) is 3.74. The van der Waals surface area contributed by atoms with Crippen LogP contribution in [0.3, 0.4) is 0 Å². The Morgan fingerprint density at radius 3 is 2.21 bits per heavy atom. The van der Waals surface area contributed by atoms with Gasteiger partial charge in [0.25, 0.3) is 0 Å². The first-order valence-electron chi connectivity index (χ1n) is 6.74. The lowest BCUT2D eigenvalue weighted by atomic mass is 10.2. The number of methoxy groups -OCH3 is 1. The average Bonchev–Trinajstić information content (AvgIpc) is 2.53. The van der Waals surface area contributed by atoms with E-state index in [-0.39, 0.29) is 18.8 Å². The highest BCUT2D eigenvalue weighted by molar-refractivity contribution is 6.40. The predicted octanol–water partition coefficient (Wildman–Crippen LogP) is 4.81. The molecule has 0 fully saturated rings. The third kappa shape index (κ3) is 4.60. The second-order valence-electron chi connectivity index (χ2n) is 4.57. The maximum atomic E-state index is 10.9. The van der Waals surface area contributed by atoms with E-state index in [0.29, 0.717) is 32.3 Å². The molecule has 128 valence electrons. The number of carbonyl (C=O) groups is 1. The van der Waals surface area contributed by atoms with Gasteiger partial charge in [-0.3, -0.25) is 0 Å². The molecule has 8 heteroatoms. The standard InChI is InChI=1S/C16H13Cl3O5/c1-22-14-6-9(16(20)21)2-3-13(14)23-4-5-24-15-11(18)7-10(17)8-12(15)19/h2-3,6-8H,4-5H2,1H3,(H,20,21). The predicted molar refractivity (Wildman–Crippen MR) is 92.4 cm³/mol. The van der Waals surface area contributed by atoms with Crippen molar-refractivity contribution in [3.8, 4) is 17.2 Å². The summed E-state index contributed by atoms with van der Waals surface area (Å²) in [5, 5.41) is 9.97. The van der Waals surface area contributed by atoms with E-state index in [1.807, 2.05) is 0 Å². The minimum Gasteiger partial charge on any atom is -0.493 e. The number of hydrogen-bond acceptors (Lipinski definition) is 4. The zero-order valence-electron chi connectivity index (χ0n) is 12.5. The Labute approximate surface area is 153 Å². The lowest BCUT2D eigenvalue weighted by Crippen LogP contribution is -2.10. The molecule has 0 aromatic heterocycles. The molecule has 0 aliphatic rings. The first-order chi connectivity index (χ1) is 11.4. The first-order valence-corrected chi connectivity index (χ1v) is 7.87. The molecule has 0 saturated carbocycles. The SMILES string of the molecule is COc1cc(C(=O)O)ccc1OCCOc1c(Cl)cc(Cl)cc1Cl. The monoisotopic (exact) mass is 390 g/mol. The van der Waals surface area contributed by atoms with Crippen molar-refractivity contribution in [1.29, 1.82) is 0 Å². The van der Waals surface area contributed by atoms with Crippen molar-refractivity contribution >= 4 is 40.8 Å². The molecule has 2 aromatic rings. The third-order valence-electron chi connectivity index (χ3n) is 2.96. The van der Waals surface area contributed by atoms with E-state index in [9.17, 15) is 4.79 Å². The molecule has 1 N–H and O–H groups in total. The summed E-state index contributed by atoms with van der Waals surface area (Å²) in [6.07, 6.45) is 0. The Morgan fingerprint density at radius 2 is 1.62 bits per heavy atom. The van der Waals surface area contributed by atoms with E-state index in [0.717, 1.165) is 0 Å². The van der Waals surface area contributed by atoms with Crippen LogP contribution in [0.2, 0.25) is 15.1 Å². The van der Waals surface area contributed by atoms with Gasteiger partial charge in [0.15, 0.2) is 17.2 Å². The van der Waals surface area contributed by atoms with Gasteiger partial charge in [0, 0.05) is 5.02 Å². The number of ether oxygens (including phenoxy) is 3. The summed E-state index contributed by atoms with van der Waals surface area (Å²) in [5.41, 5.74) is 0.107. The quantitative estimate of drug-likeness (QED) is 0.686. The van der Waals surface area contributed by atoms with Crippen molar-refractivity contribution in [2.45, 2.75) is 0 Å². The molecule has 0 bridgehead atoms. The second-order valence-corrected chi connectivity index (χ2v) is 5.82. The van der Waals surface area contributed by atoms with Gasteiger partial charge >= 0.3 is 5.97 Å². The topological polar surface area (TPSA) is 65.0 Å². The maximum absolute atomic E-state index is 10.9. The summed E-state index contributed by atoms with van der Waals surface area (Å²) in [4.78, 5) is 10.9. The smallest absolute Gasteiger partial charge is 0.335 e. The lowest BCUT2D eigenvalue weighted by Gasteiger charge is -2.13. The molecule has 2 rings (SSSR count). The van der Waals surface area contributed by atoms with Gasteiger partial charge in [-0.15, -0.1) is 0 Å². The van der Waals surface area contributed by atoms with Crippen LogP contribution >= 0.6 is 34.8 Å². The Hall–Kier alpha value is -1.82. The van der Waals surface area contributed by atoms with Crippen LogP contribution in [-0.2, 0) is 0 Å². The Kier molecular flexibility index (Phi) is 6.43. The van der Waals surface area contributed by atoms with Crippen molar-refractivity contribution in [3.63, 3.8) is 0 Å². The number of aromatic carboxylic acids is 1. The second kappa shape index (κ2) is 8.33. The van der Waals surface area contributed by atoms with Crippen LogP contribution in [0.15, 0.2) is 30.3 Å². The summed E-state index contributed by atoms with van der Waals surface area (Å²) in [6, 6.07) is 7.38. The van der Waals surface area contributed by atoms with Crippen LogP contribution in [0.1, 0.15) is 10.4 Å². The number of carboxylic acids is 1. The van der Waals surface area contributed by atoms with Crippen molar-refractivity contribution in [1.82, 2.24) is 0 Å². The van der Waals surface area contributed by atoms with Crippen LogP contribution in [0.4, 0.5) is 0 Å². The van der Waals surface area contributed by atoms with Gasteiger partial charge in [-0.05, 0) is 30.3 Å². The number of carboxylic acid groups (broad SMARTS) is 1. The average molecular weight is 392 g/mol. The fraction of sp³-hybridized carbons (Fsp3) is 0.188. The van der Waals surface area contributed by atoms with Gasteiger partial charge in [0.1, 0.15) is 13.2 Å². The van der Waals surface area contributed by atoms with Gasteiger partial charge in [-0.1, -0.05) is 34.8 Å². The van der Waals surface area contributed by atoms with Gasteiger partial charge in [0.2, 0.25) is 0 Å². The molecular formula is C16H13Cl3O5. The summed E-state index contributed by atoms with van der Waals surface area (Å²) >= 11 is 17.9. The van der Waals surface area contributed by atoms with E-state index in [1.165, 1.54) is 37.4 Å². The minimum atomic E-state index is -1.05. The van der Waals surface area contributed by atoms with Gasteiger partial charge in [-0.25, -0.2) is 4.79 Å². The largest absolute Gasteiger partial charge is 0.493 e. The maximum Gasteiger partial charge on any atom is 0.335 e. The Morgan fingerprint density at radius 1 is 1.00 bits per heavy atom. The highest BCUT2D eigenvalue weighted by atomic mass is 35.5. The molecule has 0 radical (unpaired) electrons. The fourth-order valence-corrected chi connectivity index (χ4v) is 2.81. The number of benzene rings is 2. The van der Waals surface area contributed by atoms with E-state index >= 15 is 0 Å². The molecular weight excluding hydrogens is 379 g/mol. The molecule has 2 aromatic carbocycles. The molecule has 0 saturated heterocycles. The summed E-state index contributed by atoms with van der Waals surface area (Å²) < 4.78 is 16.1. The van der Waals surface area contributed by atoms with Crippen molar-refractivity contribution in [2.24, 2.45) is 0 Å². The number of halogens is 3. The molecule has 24 heavy (non-hydrogen) atoms. The van der Waals surface area contributed by atoms with E-state index in [2.05, 4.69) is 0 Å². The van der Waals surface area contributed by atoms with Crippen LogP contribution in [-0.4, -0.2) is 31.4 Å². The highest BCUT2D eigenvalue weighted by Gasteiger charge is 2.11. The number of rotatable bonds is 7. The van der Waals surface area contributed by atoms with Crippen LogP contribution in [0.5, 0.6) is 17.2 Å². The Bertz CT molecular complexity index is 725. The zero-order chi connectivity index (χ0) is 17.7. The van der Waals surface area contributed by atoms with Crippen molar-refractivity contribution < 1.29 is 24.1 Å². The molecule has 0 amide bonds. The number of hydrogen-bond donors (Lipinski definition) is 1. The fourth-order valence-electron chi connectivity index (χ4n) is 1.88. The zero-order valence-corrected chi connectivity index (χ0v) is 14.8. The first kappa shape index (κ1) is 18.5. The summed E-state index contributed by atoms with van der Waals surface area (Å²) in [5.74, 6) is -0.00779. The molecule has 0 atom stereocenters. The summed E-state index contributed by atoms with van der Waals surface area (Å²) in [6.45, 7) is 0.350. The van der Waals surface area contributed by atoms with Crippen LogP contribution < -0.4 is 14.2 Å². The molecule has 0 heterocycles. The van der Waals surface area contributed by atoms with Crippen molar-refractivity contribution in [2.75, 3.05) is 20.3 Å². The highest BCUT2D eigenvalue weighted by Crippen LogP contribution is 2.35. The molecule has 0 unspecified atom stereocenters. The van der Waals surface area contributed by atoms with Gasteiger partial charge in [0.05, 0.1) is 22.7 Å². The van der Waals surface area contributed by atoms with Crippen molar-refractivity contribution in [3.05, 3.63) is 51.0 Å². The normalized spacial score (nSPS) is 10.3. The van der Waals surface area contributed by atoms with Crippen LogP contribution in [0.25, 0.3) is 0 Å². The molecule has 0 aliphatic heterocycles. The molecule has 0 aliphatic carbocycles. The lowest BCUT2D eigenvalue weighted by molar-refractivity contribution is 0.0696. The van der Waals surface area contributed by atoms with Gasteiger partial charge in [-0.2, -0.15) is 0 Å². The van der Waals surface area contributed by atoms with E-state index < -0.39 is 5.97 Å².